The number of anilines is 1. The van der Waals surface area contributed by atoms with Crippen LogP contribution in [0.3, 0.4) is 0 Å². The number of ether oxygens (including phenoxy) is 2. The molecule has 1 N–H and O–H groups in total. The molecule has 0 bridgehead atoms. The summed E-state index contributed by atoms with van der Waals surface area (Å²) in [6.07, 6.45) is -0.532. The lowest BCUT2D eigenvalue weighted by Gasteiger charge is -2.23. The molecule has 1 aliphatic rings. The van der Waals surface area contributed by atoms with E-state index >= 15 is 0 Å². The van der Waals surface area contributed by atoms with Gasteiger partial charge in [0, 0.05) is 13.1 Å². The first-order valence-corrected chi connectivity index (χ1v) is 10.3. The van der Waals surface area contributed by atoms with Gasteiger partial charge in [0.15, 0.2) is 23.3 Å². The van der Waals surface area contributed by atoms with Crippen molar-refractivity contribution in [2.75, 3.05) is 18.0 Å². The standard InChI is InChI=1S/C23H22F4N2O5/c1-23(2,3)34-22(32)28-13-9-10-29(11-13)19-17(26)15(24)14(16(25)18(19)27)21(31)33-20(30)12-7-5-4-6-8-12/h4-8,13H,9-11H2,1-3H3,(H,28,32). The molecule has 2 aromatic carbocycles. The fourth-order valence-electron chi connectivity index (χ4n) is 3.40. The van der Waals surface area contributed by atoms with Crippen molar-refractivity contribution in [3.63, 3.8) is 0 Å². The van der Waals surface area contributed by atoms with Gasteiger partial charge in [-0.3, -0.25) is 0 Å². The van der Waals surface area contributed by atoms with Gasteiger partial charge in [-0.25, -0.2) is 31.9 Å². The quantitative estimate of drug-likeness (QED) is 0.302. The summed E-state index contributed by atoms with van der Waals surface area (Å²) in [6, 6.07) is 6.44. The molecule has 0 aliphatic carbocycles. The van der Waals surface area contributed by atoms with Crippen LogP contribution in [0.1, 0.15) is 47.9 Å². The van der Waals surface area contributed by atoms with Gasteiger partial charge in [0.1, 0.15) is 16.9 Å². The number of alkyl carbamates (subject to hydrolysis) is 1. The number of nitrogens with one attached hydrogen (secondary N) is 1. The summed E-state index contributed by atoms with van der Waals surface area (Å²) < 4.78 is 68.3. The summed E-state index contributed by atoms with van der Waals surface area (Å²) in [5, 5.41) is 2.52. The van der Waals surface area contributed by atoms with Crippen LogP contribution in [0.2, 0.25) is 0 Å². The van der Waals surface area contributed by atoms with Crippen LogP contribution in [0.4, 0.5) is 28.0 Å². The summed E-state index contributed by atoms with van der Waals surface area (Å²) in [6.45, 7) is 4.77. The fourth-order valence-corrected chi connectivity index (χ4v) is 3.40. The second-order valence-electron chi connectivity index (χ2n) is 8.60. The molecule has 0 aromatic heterocycles. The summed E-state index contributed by atoms with van der Waals surface area (Å²) in [5.74, 6) is -10.8. The predicted molar refractivity (Wildman–Crippen MR) is 112 cm³/mol. The Balaban J connectivity index is 1.79. The van der Waals surface area contributed by atoms with Crippen LogP contribution in [0.15, 0.2) is 30.3 Å². The molecule has 0 radical (unpaired) electrons. The lowest BCUT2D eigenvalue weighted by Crippen LogP contribution is -2.40. The molecule has 0 spiro atoms. The molecule has 11 heteroatoms. The SMILES string of the molecule is CC(C)(C)OC(=O)NC1CCN(c2c(F)c(F)c(C(=O)OC(=O)c3ccccc3)c(F)c2F)C1. The minimum absolute atomic E-state index is 0.0382. The van der Waals surface area contributed by atoms with E-state index in [9.17, 15) is 31.9 Å². The Kier molecular flexibility index (Phi) is 7.13. The molecule has 7 nitrogen and oxygen atoms in total. The van der Waals surface area contributed by atoms with Crippen LogP contribution in [-0.2, 0) is 9.47 Å². The summed E-state index contributed by atoms with van der Waals surface area (Å²) in [4.78, 5) is 37.1. The number of hydrogen-bond donors (Lipinski definition) is 1. The van der Waals surface area contributed by atoms with Crippen molar-refractivity contribution in [2.24, 2.45) is 0 Å². The highest BCUT2D eigenvalue weighted by molar-refractivity contribution is 6.03. The van der Waals surface area contributed by atoms with Crippen molar-refractivity contribution in [3.05, 3.63) is 64.7 Å². The van der Waals surface area contributed by atoms with Crippen LogP contribution < -0.4 is 10.2 Å². The van der Waals surface area contributed by atoms with Crippen molar-refractivity contribution < 1.29 is 41.4 Å². The highest BCUT2D eigenvalue weighted by Gasteiger charge is 2.36. The largest absolute Gasteiger partial charge is 0.444 e. The molecule has 1 amide bonds. The molecular formula is C23H22F4N2O5. The maximum absolute atomic E-state index is 14.8. The Hall–Kier alpha value is -3.63. The minimum Gasteiger partial charge on any atom is -0.444 e. The van der Waals surface area contributed by atoms with E-state index in [2.05, 4.69) is 10.1 Å². The van der Waals surface area contributed by atoms with Crippen LogP contribution in [0.5, 0.6) is 0 Å². The van der Waals surface area contributed by atoms with E-state index in [1.807, 2.05) is 0 Å². The van der Waals surface area contributed by atoms with E-state index in [1.54, 1.807) is 26.8 Å². The monoisotopic (exact) mass is 482 g/mol. The molecule has 1 aliphatic heterocycles. The number of carbonyl (C=O) groups is 3. The zero-order valence-corrected chi connectivity index (χ0v) is 18.6. The van der Waals surface area contributed by atoms with Gasteiger partial charge in [-0.2, -0.15) is 0 Å². The van der Waals surface area contributed by atoms with Crippen molar-refractivity contribution in [2.45, 2.75) is 38.8 Å². The highest BCUT2D eigenvalue weighted by Crippen LogP contribution is 2.33. The van der Waals surface area contributed by atoms with Gasteiger partial charge in [-0.15, -0.1) is 0 Å². The predicted octanol–water partition coefficient (Wildman–Crippen LogP) is 4.34. The molecule has 34 heavy (non-hydrogen) atoms. The lowest BCUT2D eigenvalue weighted by atomic mass is 10.1. The maximum atomic E-state index is 14.8. The third-order valence-electron chi connectivity index (χ3n) is 4.86. The Bertz CT molecular complexity index is 1090. The Labute approximate surface area is 192 Å². The highest BCUT2D eigenvalue weighted by atomic mass is 19.2. The van der Waals surface area contributed by atoms with E-state index < -0.39 is 64.2 Å². The molecule has 1 atom stereocenters. The normalized spacial score (nSPS) is 15.7. The van der Waals surface area contributed by atoms with Gasteiger partial charge >= 0.3 is 18.0 Å². The van der Waals surface area contributed by atoms with Gasteiger partial charge in [0.25, 0.3) is 0 Å². The van der Waals surface area contributed by atoms with Crippen molar-refractivity contribution in [1.29, 1.82) is 0 Å². The fraction of sp³-hybridized carbons (Fsp3) is 0.348. The summed E-state index contributed by atoms with van der Waals surface area (Å²) in [5.41, 5.74) is -3.56. The van der Waals surface area contributed by atoms with E-state index in [4.69, 9.17) is 4.74 Å². The van der Waals surface area contributed by atoms with Crippen molar-refractivity contribution >= 4 is 23.7 Å². The number of amides is 1. The first-order chi connectivity index (χ1) is 15.9. The van der Waals surface area contributed by atoms with Crippen LogP contribution in [0.25, 0.3) is 0 Å². The maximum Gasteiger partial charge on any atom is 0.407 e. The summed E-state index contributed by atoms with van der Waals surface area (Å²) in [7, 11) is 0. The van der Waals surface area contributed by atoms with Crippen molar-refractivity contribution in [3.8, 4) is 0 Å². The molecule has 1 saturated heterocycles. The Morgan fingerprint density at radius 1 is 0.941 bits per heavy atom. The van der Waals surface area contributed by atoms with Gasteiger partial charge < -0.3 is 19.7 Å². The smallest absolute Gasteiger partial charge is 0.407 e. The number of nitrogens with zero attached hydrogens (tertiary/aromatic N) is 1. The van der Waals surface area contributed by atoms with E-state index in [0.29, 0.717) is 0 Å². The molecular weight excluding hydrogens is 460 g/mol. The molecule has 3 rings (SSSR count). The number of carbonyl (C=O) groups excluding carboxylic acids is 3. The van der Waals surface area contributed by atoms with Crippen LogP contribution in [-0.4, -0.2) is 42.8 Å². The number of rotatable bonds is 4. The Morgan fingerprint density at radius 2 is 1.53 bits per heavy atom. The van der Waals surface area contributed by atoms with Crippen molar-refractivity contribution in [1.82, 2.24) is 5.32 Å². The average Bonchev–Trinajstić information content (AvgIpc) is 3.19. The first-order valence-electron chi connectivity index (χ1n) is 10.3. The summed E-state index contributed by atoms with van der Waals surface area (Å²) >= 11 is 0. The van der Waals surface area contributed by atoms with E-state index in [0.717, 1.165) is 4.90 Å². The van der Waals surface area contributed by atoms with Gasteiger partial charge in [-0.05, 0) is 39.3 Å². The number of benzene rings is 2. The van der Waals surface area contributed by atoms with Gasteiger partial charge in [0.05, 0.1) is 11.6 Å². The number of hydrogen-bond acceptors (Lipinski definition) is 6. The lowest BCUT2D eigenvalue weighted by molar-refractivity contribution is 0.0388. The molecule has 2 aromatic rings. The zero-order chi connectivity index (χ0) is 25.2. The molecule has 0 saturated carbocycles. The first kappa shape index (κ1) is 25.0. The molecule has 1 unspecified atom stereocenters. The third kappa shape index (κ3) is 5.46. The van der Waals surface area contributed by atoms with E-state index in [-0.39, 0.29) is 25.1 Å². The van der Waals surface area contributed by atoms with Gasteiger partial charge in [-0.1, -0.05) is 18.2 Å². The topological polar surface area (TPSA) is 84.9 Å². The van der Waals surface area contributed by atoms with E-state index in [1.165, 1.54) is 24.3 Å². The third-order valence-corrected chi connectivity index (χ3v) is 4.86. The number of esters is 2. The second-order valence-corrected chi connectivity index (χ2v) is 8.60. The second kappa shape index (κ2) is 9.70. The zero-order valence-electron chi connectivity index (χ0n) is 18.6. The van der Waals surface area contributed by atoms with Crippen LogP contribution in [0, 0.1) is 23.3 Å². The number of halogens is 4. The molecule has 1 heterocycles. The molecule has 1 fully saturated rings. The average molecular weight is 482 g/mol. The Morgan fingerprint density at radius 3 is 2.09 bits per heavy atom. The minimum atomic E-state index is -2.00. The molecule has 182 valence electrons. The van der Waals surface area contributed by atoms with Crippen LogP contribution >= 0.6 is 0 Å². The van der Waals surface area contributed by atoms with Gasteiger partial charge in [0.2, 0.25) is 0 Å².